The zero-order valence-corrected chi connectivity index (χ0v) is 22.0. The normalized spacial score (nSPS) is 20.1. The van der Waals surface area contributed by atoms with Crippen LogP contribution in [0.25, 0.3) is 0 Å². The van der Waals surface area contributed by atoms with Gasteiger partial charge < -0.3 is 24.0 Å². The zero-order valence-electron chi connectivity index (χ0n) is 22.0. The van der Waals surface area contributed by atoms with Gasteiger partial charge in [0.2, 0.25) is 0 Å². The van der Waals surface area contributed by atoms with Gasteiger partial charge in [-0.2, -0.15) is 0 Å². The van der Waals surface area contributed by atoms with Gasteiger partial charge in [-0.1, -0.05) is 30.3 Å². The van der Waals surface area contributed by atoms with E-state index in [0.717, 1.165) is 69.8 Å². The largest absolute Gasteiger partial charge is 0.490 e. The Bertz CT molecular complexity index is 962. The lowest BCUT2D eigenvalue weighted by atomic mass is 10.1. The fourth-order valence-electron chi connectivity index (χ4n) is 4.90. The van der Waals surface area contributed by atoms with E-state index < -0.39 is 5.60 Å². The van der Waals surface area contributed by atoms with Crippen LogP contribution in [0, 0.1) is 5.92 Å². The Morgan fingerprint density at radius 2 is 1.92 bits per heavy atom. The third-order valence-corrected chi connectivity index (χ3v) is 6.75. The standard InChI is InChI=1S/C29H41N3O4/c1-29(2,3)36-28(33)32-14-7-12-25(32)22-35-27-17-26(18-30-19-27)31-15-13-24(20-31)21-34-16-8-11-23-9-5-4-6-10-23/h4-6,9-10,17-19,24-25H,7-8,11-16,20-22H2,1-3H3/t24-,25+/m1/s1. The van der Waals surface area contributed by atoms with Crippen LogP contribution in [0.15, 0.2) is 48.8 Å². The summed E-state index contributed by atoms with van der Waals surface area (Å²) in [6.45, 7) is 10.4. The minimum absolute atomic E-state index is 0.0266. The second-order valence-electron chi connectivity index (χ2n) is 10.9. The molecule has 0 N–H and O–H groups in total. The van der Waals surface area contributed by atoms with Crippen molar-refractivity contribution in [3.63, 3.8) is 0 Å². The van der Waals surface area contributed by atoms with Crippen molar-refractivity contribution in [3.8, 4) is 5.75 Å². The number of aromatic nitrogens is 1. The van der Waals surface area contributed by atoms with Gasteiger partial charge in [0.15, 0.2) is 0 Å². The Labute approximate surface area is 215 Å². The predicted molar refractivity (Wildman–Crippen MR) is 142 cm³/mol. The molecule has 2 saturated heterocycles. The summed E-state index contributed by atoms with van der Waals surface area (Å²) >= 11 is 0. The third kappa shape index (κ3) is 7.85. The van der Waals surface area contributed by atoms with Gasteiger partial charge in [0.05, 0.1) is 30.7 Å². The first kappa shape index (κ1) is 26.3. The van der Waals surface area contributed by atoms with E-state index in [2.05, 4.69) is 46.3 Å². The molecule has 1 amide bonds. The summed E-state index contributed by atoms with van der Waals surface area (Å²) in [6.07, 6.45) is 8.52. The van der Waals surface area contributed by atoms with Crippen LogP contribution in [0.3, 0.4) is 0 Å². The predicted octanol–water partition coefficient (Wildman–Crippen LogP) is 5.34. The second kappa shape index (κ2) is 12.4. The van der Waals surface area contributed by atoms with E-state index in [1.807, 2.05) is 27.0 Å². The molecule has 36 heavy (non-hydrogen) atoms. The monoisotopic (exact) mass is 495 g/mol. The number of pyridine rings is 1. The Hall–Kier alpha value is -2.80. The maximum atomic E-state index is 12.5. The van der Waals surface area contributed by atoms with Gasteiger partial charge in [-0.25, -0.2) is 4.79 Å². The maximum absolute atomic E-state index is 12.5. The highest BCUT2D eigenvalue weighted by Crippen LogP contribution is 2.27. The van der Waals surface area contributed by atoms with Crippen LogP contribution in [-0.2, 0) is 15.9 Å². The molecule has 0 bridgehead atoms. The molecule has 0 unspecified atom stereocenters. The van der Waals surface area contributed by atoms with Crippen molar-refractivity contribution >= 4 is 11.8 Å². The number of anilines is 1. The molecule has 2 aliphatic heterocycles. The van der Waals surface area contributed by atoms with E-state index in [1.165, 1.54) is 5.56 Å². The van der Waals surface area contributed by atoms with Gasteiger partial charge in [-0.3, -0.25) is 4.98 Å². The summed E-state index contributed by atoms with van der Waals surface area (Å²) in [5.41, 5.74) is 1.95. The summed E-state index contributed by atoms with van der Waals surface area (Å²) in [4.78, 5) is 21.1. The first-order valence-corrected chi connectivity index (χ1v) is 13.3. The molecule has 2 atom stereocenters. The molecule has 0 spiro atoms. The number of amides is 1. The number of benzene rings is 1. The lowest BCUT2D eigenvalue weighted by Crippen LogP contribution is -2.42. The van der Waals surface area contributed by atoms with E-state index in [0.29, 0.717) is 19.1 Å². The molecule has 1 aromatic heterocycles. The lowest BCUT2D eigenvalue weighted by molar-refractivity contribution is 0.0187. The van der Waals surface area contributed by atoms with Crippen LogP contribution in [0.5, 0.6) is 5.75 Å². The average Bonchev–Trinajstić information content (AvgIpc) is 3.52. The molecule has 0 radical (unpaired) electrons. The summed E-state index contributed by atoms with van der Waals surface area (Å²) in [6, 6.07) is 12.7. The second-order valence-corrected chi connectivity index (χ2v) is 10.9. The Morgan fingerprint density at radius 3 is 2.72 bits per heavy atom. The molecule has 2 aromatic rings. The van der Waals surface area contributed by atoms with Gasteiger partial charge >= 0.3 is 6.09 Å². The van der Waals surface area contributed by atoms with Crippen LogP contribution in [0.1, 0.15) is 52.0 Å². The SMILES string of the molecule is CC(C)(C)OC(=O)N1CCC[C@H]1COc1cncc(N2CC[C@@H](COCCCc3ccccc3)C2)c1. The van der Waals surface area contributed by atoms with Crippen molar-refractivity contribution in [1.29, 1.82) is 0 Å². The van der Waals surface area contributed by atoms with Gasteiger partial charge in [0.25, 0.3) is 0 Å². The summed E-state index contributed by atoms with van der Waals surface area (Å²) < 4.78 is 17.6. The molecule has 7 nitrogen and oxygen atoms in total. The quantitative estimate of drug-likeness (QED) is 0.415. The van der Waals surface area contributed by atoms with Crippen molar-refractivity contribution in [2.24, 2.45) is 5.92 Å². The molecule has 2 aliphatic rings. The number of carbonyl (C=O) groups excluding carboxylic acids is 1. The first-order chi connectivity index (χ1) is 17.4. The number of ether oxygens (including phenoxy) is 3. The minimum Gasteiger partial charge on any atom is -0.490 e. The Balaban J connectivity index is 1.19. The van der Waals surface area contributed by atoms with Gasteiger partial charge in [0, 0.05) is 38.2 Å². The molecule has 196 valence electrons. The van der Waals surface area contributed by atoms with Crippen LogP contribution < -0.4 is 9.64 Å². The molecule has 0 saturated carbocycles. The van der Waals surface area contributed by atoms with E-state index in [9.17, 15) is 4.79 Å². The fourth-order valence-corrected chi connectivity index (χ4v) is 4.90. The Morgan fingerprint density at radius 1 is 1.08 bits per heavy atom. The first-order valence-electron chi connectivity index (χ1n) is 13.3. The number of carbonyl (C=O) groups is 1. The lowest BCUT2D eigenvalue weighted by Gasteiger charge is -2.28. The zero-order chi connectivity index (χ0) is 25.4. The van der Waals surface area contributed by atoms with E-state index in [-0.39, 0.29) is 12.1 Å². The number of aryl methyl sites for hydroxylation is 1. The smallest absolute Gasteiger partial charge is 0.410 e. The van der Waals surface area contributed by atoms with Crippen LogP contribution in [0.2, 0.25) is 0 Å². The van der Waals surface area contributed by atoms with E-state index in [4.69, 9.17) is 14.2 Å². The highest BCUT2D eigenvalue weighted by atomic mass is 16.6. The molecular weight excluding hydrogens is 454 g/mol. The number of hydrogen-bond acceptors (Lipinski definition) is 6. The number of hydrogen-bond donors (Lipinski definition) is 0. The van der Waals surface area contributed by atoms with Crippen molar-refractivity contribution < 1.29 is 19.0 Å². The van der Waals surface area contributed by atoms with Crippen molar-refractivity contribution in [1.82, 2.24) is 9.88 Å². The van der Waals surface area contributed by atoms with Crippen LogP contribution in [-0.4, -0.2) is 67.1 Å². The van der Waals surface area contributed by atoms with E-state index >= 15 is 0 Å². The molecular formula is C29H41N3O4. The van der Waals surface area contributed by atoms with Gasteiger partial charge in [-0.15, -0.1) is 0 Å². The van der Waals surface area contributed by atoms with Crippen molar-refractivity contribution in [3.05, 3.63) is 54.4 Å². The summed E-state index contributed by atoms with van der Waals surface area (Å²) in [5.74, 6) is 1.27. The maximum Gasteiger partial charge on any atom is 0.410 e. The minimum atomic E-state index is -0.496. The number of likely N-dealkylation sites (tertiary alicyclic amines) is 1. The fraction of sp³-hybridized carbons (Fsp3) is 0.586. The topological polar surface area (TPSA) is 64.1 Å². The van der Waals surface area contributed by atoms with Gasteiger partial charge in [0.1, 0.15) is 18.0 Å². The van der Waals surface area contributed by atoms with E-state index in [1.54, 1.807) is 11.1 Å². The average molecular weight is 496 g/mol. The highest BCUT2D eigenvalue weighted by molar-refractivity contribution is 5.69. The van der Waals surface area contributed by atoms with Gasteiger partial charge in [-0.05, 0) is 58.4 Å². The third-order valence-electron chi connectivity index (χ3n) is 6.75. The molecule has 3 heterocycles. The molecule has 0 aliphatic carbocycles. The molecule has 7 heteroatoms. The van der Waals surface area contributed by atoms with Crippen molar-refractivity contribution in [2.45, 2.75) is 64.5 Å². The Kier molecular flexibility index (Phi) is 9.08. The van der Waals surface area contributed by atoms with Crippen LogP contribution in [0.4, 0.5) is 10.5 Å². The molecule has 4 rings (SSSR count). The highest BCUT2D eigenvalue weighted by Gasteiger charge is 2.32. The molecule has 2 fully saturated rings. The number of rotatable bonds is 10. The van der Waals surface area contributed by atoms with Crippen LogP contribution >= 0.6 is 0 Å². The summed E-state index contributed by atoms with van der Waals surface area (Å²) in [5, 5.41) is 0. The summed E-state index contributed by atoms with van der Waals surface area (Å²) in [7, 11) is 0. The number of nitrogens with zero attached hydrogens (tertiary/aromatic N) is 3. The van der Waals surface area contributed by atoms with Crippen molar-refractivity contribution in [2.75, 3.05) is 44.4 Å². The molecule has 1 aromatic carbocycles.